The van der Waals surface area contributed by atoms with Gasteiger partial charge in [-0.25, -0.2) is 8.42 Å². The van der Waals surface area contributed by atoms with Crippen molar-refractivity contribution in [2.75, 3.05) is 5.75 Å². The van der Waals surface area contributed by atoms with Crippen LogP contribution < -0.4 is 0 Å². The molecule has 94 valence electrons. The van der Waals surface area contributed by atoms with Crippen LogP contribution in [0.5, 0.6) is 0 Å². The van der Waals surface area contributed by atoms with Crippen molar-refractivity contribution < 1.29 is 18.3 Å². The second kappa shape index (κ2) is 5.31. The molecule has 0 bridgehead atoms. The van der Waals surface area contributed by atoms with E-state index in [0.29, 0.717) is 5.56 Å². The minimum atomic E-state index is -3.37. The van der Waals surface area contributed by atoms with Crippen molar-refractivity contribution in [2.45, 2.75) is 19.6 Å². The number of carbonyl (C=O) groups is 1. The number of carboxylic acid groups (broad SMARTS) is 1. The molecule has 1 aromatic carbocycles. The van der Waals surface area contributed by atoms with Crippen LogP contribution in [0, 0.1) is 12.8 Å². The summed E-state index contributed by atoms with van der Waals surface area (Å²) < 4.78 is 23.5. The predicted molar refractivity (Wildman–Crippen MR) is 65.5 cm³/mol. The van der Waals surface area contributed by atoms with Crippen molar-refractivity contribution in [3.63, 3.8) is 0 Å². The molecule has 1 aromatic rings. The van der Waals surface area contributed by atoms with Gasteiger partial charge in [0.25, 0.3) is 0 Å². The molecule has 1 unspecified atom stereocenters. The van der Waals surface area contributed by atoms with Crippen LogP contribution in [0.4, 0.5) is 0 Å². The number of sulfone groups is 1. The van der Waals surface area contributed by atoms with E-state index in [-0.39, 0.29) is 11.5 Å². The van der Waals surface area contributed by atoms with E-state index in [1.54, 1.807) is 12.1 Å². The molecule has 0 aliphatic heterocycles. The fraction of sp³-hybridized carbons (Fsp3) is 0.417. The SMILES string of the molecule is Cc1ccc(CS(=O)(=O)CC(C)C(=O)O)cc1. The molecular formula is C12H16O4S. The number of aryl methyl sites for hydroxylation is 1. The molecule has 17 heavy (non-hydrogen) atoms. The van der Waals surface area contributed by atoms with Crippen LogP contribution >= 0.6 is 0 Å². The molecule has 1 N–H and O–H groups in total. The lowest BCUT2D eigenvalue weighted by molar-refractivity contribution is -0.140. The highest BCUT2D eigenvalue weighted by Crippen LogP contribution is 2.11. The zero-order valence-electron chi connectivity index (χ0n) is 9.88. The first-order valence-corrected chi connectivity index (χ1v) is 7.11. The maximum atomic E-state index is 11.7. The predicted octanol–water partition coefficient (Wildman–Crippen LogP) is 1.63. The smallest absolute Gasteiger partial charge is 0.307 e. The van der Waals surface area contributed by atoms with Gasteiger partial charge in [0.1, 0.15) is 0 Å². The van der Waals surface area contributed by atoms with E-state index in [0.717, 1.165) is 5.56 Å². The van der Waals surface area contributed by atoms with Crippen LogP contribution in [-0.2, 0) is 20.4 Å². The fourth-order valence-corrected chi connectivity index (χ4v) is 3.17. The van der Waals surface area contributed by atoms with Crippen LogP contribution in [0.25, 0.3) is 0 Å². The fourth-order valence-electron chi connectivity index (χ4n) is 1.45. The maximum absolute atomic E-state index is 11.7. The molecule has 0 fully saturated rings. The Hall–Kier alpha value is -1.36. The number of aliphatic carboxylic acids is 1. The Labute approximate surface area is 101 Å². The largest absolute Gasteiger partial charge is 0.481 e. The van der Waals surface area contributed by atoms with Crippen LogP contribution in [-0.4, -0.2) is 25.2 Å². The second-order valence-electron chi connectivity index (χ2n) is 4.28. The summed E-state index contributed by atoms with van der Waals surface area (Å²) in [5.74, 6) is -2.39. The van der Waals surface area contributed by atoms with Crippen LogP contribution in [0.1, 0.15) is 18.1 Å². The van der Waals surface area contributed by atoms with Crippen LogP contribution in [0.2, 0.25) is 0 Å². The lowest BCUT2D eigenvalue weighted by Gasteiger charge is -2.08. The molecule has 0 amide bonds. The van der Waals surface area contributed by atoms with Gasteiger partial charge in [0, 0.05) is 0 Å². The summed E-state index contributed by atoms with van der Waals surface area (Å²) in [6.45, 7) is 3.32. The monoisotopic (exact) mass is 256 g/mol. The van der Waals surface area contributed by atoms with Gasteiger partial charge in [-0.15, -0.1) is 0 Å². The Morgan fingerprint density at radius 2 is 1.82 bits per heavy atom. The summed E-state index contributed by atoms with van der Waals surface area (Å²) in [4.78, 5) is 10.6. The van der Waals surface area contributed by atoms with E-state index >= 15 is 0 Å². The minimum absolute atomic E-state index is 0.106. The average molecular weight is 256 g/mol. The molecule has 5 heteroatoms. The van der Waals surface area contributed by atoms with Crippen molar-refractivity contribution in [3.8, 4) is 0 Å². The van der Waals surface area contributed by atoms with E-state index in [1.165, 1.54) is 6.92 Å². The number of benzene rings is 1. The Morgan fingerprint density at radius 3 is 2.29 bits per heavy atom. The number of rotatable bonds is 5. The van der Waals surface area contributed by atoms with E-state index in [1.807, 2.05) is 19.1 Å². The Morgan fingerprint density at radius 1 is 1.29 bits per heavy atom. The first kappa shape index (κ1) is 13.7. The maximum Gasteiger partial charge on any atom is 0.307 e. The second-order valence-corrected chi connectivity index (χ2v) is 6.39. The molecule has 0 saturated carbocycles. The minimum Gasteiger partial charge on any atom is -0.481 e. The van der Waals surface area contributed by atoms with Gasteiger partial charge in [-0.2, -0.15) is 0 Å². The molecule has 0 heterocycles. The Kier molecular flexibility index (Phi) is 4.28. The standard InChI is InChI=1S/C12H16O4S/c1-9-3-5-11(6-4-9)8-17(15,16)7-10(2)12(13)14/h3-6,10H,7-8H2,1-2H3,(H,13,14). The topological polar surface area (TPSA) is 71.4 Å². The van der Waals surface area contributed by atoms with Crippen molar-refractivity contribution in [1.82, 2.24) is 0 Å². The van der Waals surface area contributed by atoms with Crippen molar-refractivity contribution in [1.29, 1.82) is 0 Å². The van der Waals surface area contributed by atoms with Crippen LogP contribution in [0.3, 0.4) is 0 Å². The van der Waals surface area contributed by atoms with Crippen molar-refractivity contribution in [2.24, 2.45) is 5.92 Å². The first-order valence-electron chi connectivity index (χ1n) is 5.29. The molecule has 0 aromatic heterocycles. The van der Waals surface area contributed by atoms with E-state index in [2.05, 4.69) is 0 Å². The molecule has 0 radical (unpaired) electrons. The highest BCUT2D eigenvalue weighted by Gasteiger charge is 2.21. The summed E-state index contributed by atoms with van der Waals surface area (Å²) >= 11 is 0. The lowest BCUT2D eigenvalue weighted by atomic mass is 10.2. The molecule has 1 atom stereocenters. The van der Waals surface area contributed by atoms with Gasteiger partial charge in [0.2, 0.25) is 0 Å². The van der Waals surface area contributed by atoms with Gasteiger partial charge in [0.05, 0.1) is 17.4 Å². The normalized spacial score (nSPS) is 13.3. The third kappa shape index (κ3) is 4.56. The van der Waals surface area contributed by atoms with Gasteiger partial charge in [-0.3, -0.25) is 4.79 Å². The molecule has 0 saturated heterocycles. The van der Waals surface area contributed by atoms with Gasteiger partial charge in [-0.1, -0.05) is 36.8 Å². The third-order valence-corrected chi connectivity index (χ3v) is 4.21. The molecule has 1 rings (SSSR count). The van der Waals surface area contributed by atoms with Crippen molar-refractivity contribution in [3.05, 3.63) is 35.4 Å². The van der Waals surface area contributed by atoms with Crippen LogP contribution in [0.15, 0.2) is 24.3 Å². The molecule has 4 nitrogen and oxygen atoms in total. The van der Waals surface area contributed by atoms with E-state index in [4.69, 9.17) is 5.11 Å². The number of hydrogen-bond acceptors (Lipinski definition) is 3. The Balaban J connectivity index is 2.73. The van der Waals surface area contributed by atoms with Gasteiger partial charge >= 0.3 is 5.97 Å². The molecular weight excluding hydrogens is 240 g/mol. The zero-order valence-corrected chi connectivity index (χ0v) is 10.7. The van der Waals surface area contributed by atoms with Gasteiger partial charge in [0.15, 0.2) is 9.84 Å². The third-order valence-electron chi connectivity index (χ3n) is 2.43. The summed E-state index contributed by atoms with van der Waals surface area (Å²) in [5.41, 5.74) is 1.75. The van der Waals surface area contributed by atoms with E-state index in [9.17, 15) is 13.2 Å². The van der Waals surface area contributed by atoms with Crippen molar-refractivity contribution >= 4 is 15.8 Å². The zero-order chi connectivity index (χ0) is 13.1. The Bertz CT molecular complexity index is 488. The summed E-state index contributed by atoms with van der Waals surface area (Å²) in [7, 11) is -3.37. The highest BCUT2D eigenvalue weighted by molar-refractivity contribution is 7.90. The van der Waals surface area contributed by atoms with Gasteiger partial charge in [-0.05, 0) is 12.5 Å². The average Bonchev–Trinajstić information content (AvgIpc) is 2.20. The molecule has 0 spiro atoms. The number of hydrogen-bond donors (Lipinski definition) is 1. The quantitative estimate of drug-likeness (QED) is 0.869. The summed E-state index contributed by atoms with van der Waals surface area (Å²) in [5, 5.41) is 8.68. The number of carboxylic acids is 1. The van der Waals surface area contributed by atoms with Gasteiger partial charge < -0.3 is 5.11 Å². The molecule has 0 aliphatic carbocycles. The summed E-state index contributed by atoms with van der Waals surface area (Å²) in [6.07, 6.45) is 0. The summed E-state index contributed by atoms with van der Waals surface area (Å²) in [6, 6.07) is 7.17. The lowest BCUT2D eigenvalue weighted by Crippen LogP contribution is -2.22. The highest BCUT2D eigenvalue weighted by atomic mass is 32.2. The molecule has 0 aliphatic rings. The first-order chi connectivity index (χ1) is 7.80. The van der Waals surface area contributed by atoms with E-state index < -0.39 is 21.7 Å².